The Bertz CT molecular complexity index is 1230. The van der Waals surface area contributed by atoms with E-state index in [9.17, 15) is 13.2 Å². The van der Waals surface area contributed by atoms with Gasteiger partial charge in [-0.25, -0.2) is 0 Å². The molecule has 4 aromatic rings. The predicted octanol–water partition coefficient (Wildman–Crippen LogP) is 5.38. The summed E-state index contributed by atoms with van der Waals surface area (Å²) < 4.78 is 58.6. The van der Waals surface area contributed by atoms with Crippen molar-refractivity contribution in [2.75, 3.05) is 14.2 Å². The Balaban J connectivity index is 1.79. The Labute approximate surface area is 180 Å². The number of nitrogens with zero attached hydrogens (tertiary/aromatic N) is 3. The number of rotatable bonds is 6. The maximum Gasteiger partial charge on any atom is 0.573 e. The normalized spacial score (nSPS) is 11.3. The van der Waals surface area contributed by atoms with Gasteiger partial charge < -0.3 is 18.6 Å². The topological polar surface area (TPSA) is 79.5 Å². The van der Waals surface area contributed by atoms with Crippen molar-refractivity contribution in [3.8, 4) is 51.3 Å². The van der Waals surface area contributed by atoms with Crippen molar-refractivity contribution in [2.45, 2.75) is 6.36 Å². The molecule has 0 aliphatic carbocycles. The van der Waals surface area contributed by atoms with E-state index in [0.29, 0.717) is 28.2 Å². The Morgan fingerprint density at radius 3 is 2.28 bits per heavy atom. The van der Waals surface area contributed by atoms with E-state index in [4.69, 9.17) is 13.9 Å². The summed E-state index contributed by atoms with van der Waals surface area (Å²) in [6.07, 6.45) is -1.67. The van der Waals surface area contributed by atoms with Gasteiger partial charge in [0.15, 0.2) is 11.5 Å². The predicted molar refractivity (Wildman–Crippen MR) is 108 cm³/mol. The average Bonchev–Trinajstić information content (AvgIpc) is 3.28. The molecule has 32 heavy (non-hydrogen) atoms. The summed E-state index contributed by atoms with van der Waals surface area (Å²) in [5, 5.41) is 8.08. The molecule has 0 spiro atoms. The molecule has 0 saturated heterocycles. The summed E-state index contributed by atoms with van der Waals surface area (Å²) in [5.41, 5.74) is 2.02. The molecule has 0 amide bonds. The Morgan fingerprint density at radius 1 is 0.812 bits per heavy atom. The third kappa shape index (κ3) is 4.48. The quantitative estimate of drug-likeness (QED) is 0.396. The van der Waals surface area contributed by atoms with Crippen LogP contribution in [0.2, 0.25) is 0 Å². The number of hydrogen-bond donors (Lipinski definition) is 0. The lowest BCUT2D eigenvalue weighted by atomic mass is 10.0. The highest BCUT2D eigenvalue weighted by molar-refractivity contribution is 5.81. The number of aromatic nitrogens is 3. The molecule has 0 atom stereocenters. The molecule has 0 fully saturated rings. The molecule has 0 unspecified atom stereocenters. The first-order valence-electron chi connectivity index (χ1n) is 9.24. The van der Waals surface area contributed by atoms with E-state index in [-0.39, 0.29) is 17.3 Å². The maximum absolute atomic E-state index is 12.8. The van der Waals surface area contributed by atoms with Crippen molar-refractivity contribution >= 4 is 0 Å². The number of ether oxygens (including phenoxy) is 3. The average molecular weight is 443 g/mol. The van der Waals surface area contributed by atoms with Crippen molar-refractivity contribution < 1.29 is 31.8 Å². The standard InChI is InChI=1S/C22H16F3N3O4/c1-29-18-8-5-13(10-19(18)30-2)20-27-28-21(31-20)17-11-15(32-22(23,24)25)6-7-16(17)14-4-3-9-26-12-14/h3-12H,1-2H3. The third-order valence-electron chi connectivity index (χ3n) is 4.48. The van der Waals surface area contributed by atoms with Gasteiger partial charge in [-0.3, -0.25) is 4.98 Å². The van der Waals surface area contributed by atoms with Crippen LogP contribution >= 0.6 is 0 Å². The van der Waals surface area contributed by atoms with Crippen LogP contribution in [-0.2, 0) is 0 Å². The lowest BCUT2D eigenvalue weighted by Gasteiger charge is -2.12. The molecule has 0 aliphatic heterocycles. The lowest BCUT2D eigenvalue weighted by Crippen LogP contribution is -2.17. The van der Waals surface area contributed by atoms with Gasteiger partial charge in [-0.05, 0) is 48.0 Å². The first-order valence-corrected chi connectivity index (χ1v) is 9.24. The second kappa shape index (κ2) is 8.58. The van der Waals surface area contributed by atoms with Crippen LogP contribution in [0.25, 0.3) is 34.0 Å². The van der Waals surface area contributed by atoms with Crippen molar-refractivity contribution in [1.82, 2.24) is 15.2 Å². The van der Waals surface area contributed by atoms with Crippen LogP contribution in [0, 0.1) is 0 Å². The van der Waals surface area contributed by atoms with Crippen molar-refractivity contribution in [3.05, 3.63) is 60.9 Å². The fraction of sp³-hybridized carbons (Fsp3) is 0.136. The highest BCUT2D eigenvalue weighted by atomic mass is 19.4. The summed E-state index contributed by atoms with van der Waals surface area (Å²) in [7, 11) is 3.01. The molecule has 0 bridgehead atoms. The number of benzene rings is 2. The Morgan fingerprint density at radius 2 is 1.59 bits per heavy atom. The van der Waals surface area contributed by atoms with Gasteiger partial charge in [-0.15, -0.1) is 23.4 Å². The van der Waals surface area contributed by atoms with E-state index in [0.717, 1.165) is 0 Å². The molecule has 0 N–H and O–H groups in total. The number of hydrogen-bond acceptors (Lipinski definition) is 7. The van der Waals surface area contributed by atoms with E-state index in [2.05, 4.69) is 19.9 Å². The summed E-state index contributed by atoms with van der Waals surface area (Å²) in [6.45, 7) is 0. The van der Waals surface area contributed by atoms with E-state index < -0.39 is 12.1 Å². The molecule has 10 heteroatoms. The smallest absolute Gasteiger partial charge is 0.493 e. The van der Waals surface area contributed by atoms with Crippen molar-refractivity contribution in [1.29, 1.82) is 0 Å². The molecule has 0 radical (unpaired) electrons. The lowest BCUT2D eigenvalue weighted by molar-refractivity contribution is -0.274. The van der Waals surface area contributed by atoms with Gasteiger partial charge in [0.2, 0.25) is 11.8 Å². The molecule has 0 saturated carbocycles. The first kappa shape index (κ1) is 21.2. The van der Waals surface area contributed by atoms with Crippen molar-refractivity contribution in [3.63, 3.8) is 0 Å². The molecule has 4 rings (SSSR count). The number of methoxy groups -OCH3 is 2. The monoisotopic (exact) mass is 443 g/mol. The Hall–Kier alpha value is -4.08. The maximum atomic E-state index is 12.8. The van der Waals surface area contributed by atoms with Gasteiger partial charge in [0.1, 0.15) is 5.75 Å². The van der Waals surface area contributed by atoms with Crippen molar-refractivity contribution in [2.24, 2.45) is 0 Å². The first-order chi connectivity index (χ1) is 15.4. The van der Waals surface area contributed by atoms with Crippen LogP contribution in [0.15, 0.2) is 65.3 Å². The molecule has 164 valence electrons. The summed E-state index contributed by atoms with van der Waals surface area (Å²) in [6, 6.07) is 12.4. The van der Waals surface area contributed by atoms with Gasteiger partial charge in [-0.1, -0.05) is 6.07 Å². The minimum absolute atomic E-state index is 0.0151. The minimum Gasteiger partial charge on any atom is -0.493 e. The molecule has 2 heterocycles. The van der Waals surface area contributed by atoms with Crippen LogP contribution < -0.4 is 14.2 Å². The molecule has 2 aromatic carbocycles. The summed E-state index contributed by atoms with van der Waals surface area (Å²) in [4.78, 5) is 4.06. The molecule has 0 aliphatic rings. The molecule has 7 nitrogen and oxygen atoms in total. The second-order valence-corrected chi connectivity index (χ2v) is 6.48. The van der Waals surface area contributed by atoms with E-state index in [1.807, 2.05) is 0 Å². The van der Waals surface area contributed by atoms with Gasteiger partial charge in [0.25, 0.3) is 0 Å². The van der Waals surface area contributed by atoms with Gasteiger partial charge in [0.05, 0.1) is 19.8 Å². The molecular formula is C22H16F3N3O4. The fourth-order valence-electron chi connectivity index (χ4n) is 3.09. The molecular weight excluding hydrogens is 427 g/mol. The number of alkyl halides is 3. The van der Waals surface area contributed by atoms with Gasteiger partial charge in [-0.2, -0.15) is 0 Å². The largest absolute Gasteiger partial charge is 0.573 e. The van der Waals surface area contributed by atoms with Crippen LogP contribution in [0.5, 0.6) is 17.2 Å². The van der Waals surface area contributed by atoms with Crippen LogP contribution in [0.3, 0.4) is 0 Å². The SMILES string of the molecule is COc1ccc(-c2nnc(-c3cc(OC(F)(F)F)ccc3-c3cccnc3)o2)cc1OC. The second-order valence-electron chi connectivity index (χ2n) is 6.48. The minimum atomic E-state index is -4.84. The number of halogens is 3. The Kier molecular flexibility index (Phi) is 5.67. The van der Waals surface area contributed by atoms with Crippen LogP contribution in [-0.4, -0.2) is 35.8 Å². The number of pyridine rings is 1. The van der Waals surface area contributed by atoms with Gasteiger partial charge in [0, 0.05) is 23.5 Å². The highest BCUT2D eigenvalue weighted by Gasteiger charge is 2.31. The summed E-state index contributed by atoms with van der Waals surface area (Å²) >= 11 is 0. The fourth-order valence-corrected chi connectivity index (χ4v) is 3.09. The van der Waals surface area contributed by atoms with E-state index >= 15 is 0 Å². The summed E-state index contributed by atoms with van der Waals surface area (Å²) in [5.74, 6) is 0.737. The zero-order valence-corrected chi connectivity index (χ0v) is 16.9. The molecule has 2 aromatic heterocycles. The van der Waals surface area contributed by atoms with E-state index in [1.54, 1.807) is 42.7 Å². The van der Waals surface area contributed by atoms with Gasteiger partial charge >= 0.3 is 6.36 Å². The zero-order valence-electron chi connectivity index (χ0n) is 16.9. The highest BCUT2D eigenvalue weighted by Crippen LogP contribution is 2.37. The van der Waals surface area contributed by atoms with Crippen LogP contribution in [0.1, 0.15) is 0 Å². The van der Waals surface area contributed by atoms with Crippen LogP contribution in [0.4, 0.5) is 13.2 Å². The third-order valence-corrected chi connectivity index (χ3v) is 4.48. The van der Waals surface area contributed by atoms with E-state index in [1.165, 1.54) is 32.4 Å². The zero-order chi connectivity index (χ0) is 22.7.